The summed E-state index contributed by atoms with van der Waals surface area (Å²) in [7, 11) is 0. The van der Waals surface area contributed by atoms with Crippen LogP contribution in [0.4, 0.5) is 13.2 Å². The van der Waals surface area contributed by atoms with Crippen LogP contribution in [0.1, 0.15) is 39.9 Å². The molecule has 0 radical (unpaired) electrons. The lowest BCUT2D eigenvalue weighted by Crippen LogP contribution is -2.19. The molecule has 0 saturated heterocycles. The van der Waals surface area contributed by atoms with Crippen LogP contribution in [0.25, 0.3) is 22.2 Å². The van der Waals surface area contributed by atoms with Crippen LogP contribution in [-0.4, -0.2) is 10.9 Å². The van der Waals surface area contributed by atoms with E-state index in [1.54, 1.807) is 36.4 Å². The lowest BCUT2D eigenvalue weighted by molar-refractivity contribution is -0.137. The van der Waals surface area contributed by atoms with Gasteiger partial charge in [-0.2, -0.15) is 13.2 Å². The first-order chi connectivity index (χ1) is 15.3. The number of primary amides is 1. The summed E-state index contributed by atoms with van der Waals surface area (Å²) in [6.45, 7) is 0. The summed E-state index contributed by atoms with van der Waals surface area (Å²) >= 11 is 0. The quantitative estimate of drug-likeness (QED) is 0.424. The Morgan fingerprint density at radius 2 is 1.59 bits per heavy atom. The third kappa shape index (κ3) is 3.23. The normalized spacial score (nSPS) is 15.0. The Morgan fingerprint density at radius 1 is 0.906 bits per heavy atom. The molecule has 160 valence electrons. The molecule has 1 fully saturated rings. The number of rotatable bonds is 4. The van der Waals surface area contributed by atoms with Crippen molar-refractivity contribution in [3.63, 3.8) is 0 Å². The molecule has 6 heteroatoms. The molecule has 1 saturated carbocycles. The molecule has 1 aromatic heterocycles. The monoisotopic (exact) mass is 432 g/mol. The van der Waals surface area contributed by atoms with E-state index in [0.29, 0.717) is 23.7 Å². The van der Waals surface area contributed by atoms with E-state index in [4.69, 9.17) is 5.73 Å². The third-order valence-corrected chi connectivity index (χ3v) is 6.20. The lowest BCUT2D eigenvalue weighted by Gasteiger charge is -2.24. The first kappa shape index (κ1) is 20.2. The molecule has 5 rings (SSSR count). The van der Waals surface area contributed by atoms with Gasteiger partial charge in [0.25, 0.3) is 0 Å². The molecular weight excluding hydrogens is 413 g/mol. The Labute approximate surface area is 182 Å². The molecule has 1 aliphatic rings. The van der Waals surface area contributed by atoms with Gasteiger partial charge in [-0.05, 0) is 36.1 Å². The number of alkyl halides is 3. The van der Waals surface area contributed by atoms with Crippen molar-refractivity contribution in [3.8, 4) is 11.3 Å². The fourth-order valence-electron chi connectivity index (χ4n) is 4.58. The Balaban J connectivity index is 1.79. The van der Waals surface area contributed by atoms with E-state index < -0.39 is 23.1 Å². The average Bonchev–Trinajstić information content (AvgIpc) is 3.60. The van der Waals surface area contributed by atoms with Crippen LogP contribution < -0.4 is 5.73 Å². The summed E-state index contributed by atoms with van der Waals surface area (Å²) in [6, 6.07) is 22.0. The zero-order chi connectivity index (χ0) is 22.5. The van der Waals surface area contributed by atoms with E-state index in [9.17, 15) is 18.0 Å². The Morgan fingerprint density at radius 3 is 2.25 bits per heavy atom. The second-order valence-corrected chi connectivity index (χ2v) is 8.11. The van der Waals surface area contributed by atoms with Gasteiger partial charge in [0.2, 0.25) is 5.91 Å². The zero-order valence-electron chi connectivity index (χ0n) is 17.0. The number of nitrogens with two attached hydrogens (primary N) is 1. The molecule has 3 nitrogen and oxygen atoms in total. The van der Waals surface area contributed by atoms with Crippen LogP contribution >= 0.6 is 0 Å². The highest BCUT2D eigenvalue weighted by molar-refractivity contribution is 6.06. The summed E-state index contributed by atoms with van der Waals surface area (Å²) in [5.74, 6) is -0.711. The molecule has 3 aromatic carbocycles. The number of pyridine rings is 1. The minimum atomic E-state index is -4.60. The molecular formula is C26H19F3N2O. The standard InChI is InChI=1S/C26H19F3N2O/c27-26(28,29)23-18(22-15-19(24(30)32)17-9-4-5-12-21(17)31-22)10-6-11-20(23)25(13-14-25)16-7-2-1-3-8-16/h1-12,15H,13-14H2,(H2,30,32). The predicted molar refractivity (Wildman–Crippen MR) is 117 cm³/mol. The lowest BCUT2D eigenvalue weighted by atomic mass is 9.82. The van der Waals surface area contributed by atoms with Gasteiger partial charge >= 0.3 is 6.18 Å². The molecule has 32 heavy (non-hydrogen) atoms. The highest BCUT2D eigenvalue weighted by Crippen LogP contribution is 2.57. The Hall–Kier alpha value is -3.67. The topological polar surface area (TPSA) is 56.0 Å². The van der Waals surface area contributed by atoms with Gasteiger partial charge in [0, 0.05) is 16.4 Å². The SMILES string of the molecule is NC(=O)c1cc(-c2cccc(C3(c4ccccc4)CC3)c2C(F)(F)F)nc2ccccc12. The van der Waals surface area contributed by atoms with Gasteiger partial charge in [-0.25, -0.2) is 4.98 Å². The van der Waals surface area contributed by atoms with Crippen LogP contribution in [0.3, 0.4) is 0 Å². The van der Waals surface area contributed by atoms with Crippen molar-refractivity contribution in [1.29, 1.82) is 0 Å². The van der Waals surface area contributed by atoms with Crippen molar-refractivity contribution >= 4 is 16.8 Å². The summed E-state index contributed by atoms with van der Waals surface area (Å²) < 4.78 is 43.6. The van der Waals surface area contributed by atoms with Crippen molar-refractivity contribution in [2.24, 2.45) is 5.73 Å². The first-order valence-electron chi connectivity index (χ1n) is 10.3. The highest BCUT2D eigenvalue weighted by atomic mass is 19.4. The first-order valence-corrected chi connectivity index (χ1v) is 10.3. The van der Waals surface area contributed by atoms with E-state index >= 15 is 0 Å². The number of halogens is 3. The number of benzene rings is 3. The number of amides is 1. The van der Waals surface area contributed by atoms with Gasteiger partial charge < -0.3 is 5.73 Å². The van der Waals surface area contributed by atoms with Gasteiger partial charge in [-0.3, -0.25) is 4.79 Å². The fourth-order valence-corrected chi connectivity index (χ4v) is 4.58. The smallest absolute Gasteiger partial charge is 0.366 e. The molecule has 0 unspecified atom stereocenters. The number of hydrogen-bond donors (Lipinski definition) is 1. The predicted octanol–water partition coefficient (Wildman–Crippen LogP) is 6.10. The molecule has 1 heterocycles. The molecule has 2 N–H and O–H groups in total. The highest BCUT2D eigenvalue weighted by Gasteiger charge is 2.51. The van der Waals surface area contributed by atoms with E-state index in [1.807, 2.05) is 30.3 Å². The van der Waals surface area contributed by atoms with E-state index in [0.717, 1.165) is 5.56 Å². The van der Waals surface area contributed by atoms with Crippen LogP contribution in [0.5, 0.6) is 0 Å². The summed E-state index contributed by atoms with van der Waals surface area (Å²) in [4.78, 5) is 16.5. The molecule has 4 aromatic rings. The summed E-state index contributed by atoms with van der Waals surface area (Å²) in [5.41, 5.74) is 5.86. The maximum Gasteiger partial charge on any atom is 0.417 e. The Kier molecular flexibility index (Phi) is 4.55. The second-order valence-electron chi connectivity index (χ2n) is 8.11. The van der Waals surface area contributed by atoms with Crippen molar-refractivity contribution < 1.29 is 18.0 Å². The molecule has 0 aliphatic heterocycles. The van der Waals surface area contributed by atoms with Gasteiger partial charge in [-0.15, -0.1) is 0 Å². The van der Waals surface area contributed by atoms with Gasteiger partial charge in [0.05, 0.1) is 22.3 Å². The number of para-hydroxylation sites is 1. The van der Waals surface area contributed by atoms with E-state index in [-0.39, 0.29) is 22.4 Å². The molecule has 0 atom stereocenters. The number of aromatic nitrogens is 1. The van der Waals surface area contributed by atoms with Gasteiger partial charge in [0.1, 0.15) is 0 Å². The van der Waals surface area contributed by atoms with Crippen molar-refractivity contribution in [3.05, 3.63) is 101 Å². The van der Waals surface area contributed by atoms with Crippen LogP contribution in [0.2, 0.25) is 0 Å². The van der Waals surface area contributed by atoms with E-state index in [2.05, 4.69) is 4.98 Å². The molecule has 0 spiro atoms. The van der Waals surface area contributed by atoms with Crippen molar-refractivity contribution in [2.75, 3.05) is 0 Å². The van der Waals surface area contributed by atoms with Crippen LogP contribution in [0.15, 0.2) is 78.9 Å². The number of carbonyl (C=O) groups excluding carboxylic acids is 1. The minimum absolute atomic E-state index is 0.0505. The largest absolute Gasteiger partial charge is 0.417 e. The number of fused-ring (bicyclic) bond motifs is 1. The fraction of sp³-hybridized carbons (Fsp3) is 0.154. The van der Waals surface area contributed by atoms with Crippen LogP contribution in [-0.2, 0) is 11.6 Å². The Bertz CT molecular complexity index is 1340. The second kappa shape index (κ2) is 7.19. The minimum Gasteiger partial charge on any atom is -0.366 e. The van der Waals surface area contributed by atoms with Crippen LogP contribution in [0, 0.1) is 0 Å². The number of nitrogens with zero attached hydrogens (tertiary/aromatic N) is 1. The maximum absolute atomic E-state index is 14.5. The van der Waals surface area contributed by atoms with Crippen molar-refractivity contribution in [1.82, 2.24) is 4.98 Å². The van der Waals surface area contributed by atoms with Gasteiger partial charge in [-0.1, -0.05) is 66.7 Å². The van der Waals surface area contributed by atoms with Crippen molar-refractivity contribution in [2.45, 2.75) is 24.4 Å². The zero-order valence-corrected chi connectivity index (χ0v) is 17.0. The molecule has 1 aliphatic carbocycles. The third-order valence-electron chi connectivity index (χ3n) is 6.20. The van der Waals surface area contributed by atoms with E-state index in [1.165, 1.54) is 12.1 Å². The van der Waals surface area contributed by atoms with Gasteiger partial charge in [0.15, 0.2) is 0 Å². The molecule has 0 bridgehead atoms. The average molecular weight is 432 g/mol. The number of carbonyl (C=O) groups is 1. The summed E-state index contributed by atoms with van der Waals surface area (Å²) in [6.07, 6.45) is -3.32. The summed E-state index contributed by atoms with van der Waals surface area (Å²) in [5, 5.41) is 0.511. The maximum atomic E-state index is 14.5. The number of hydrogen-bond acceptors (Lipinski definition) is 2. The molecule has 1 amide bonds.